The quantitative estimate of drug-likeness (QED) is 0.766. The van der Waals surface area contributed by atoms with E-state index in [0.717, 1.165) is 0 Å². The molecule has 0 aliphatic carbocycles. The van der Waals surface area contributed by atoms with Crippen molar-refractivity contribution in [2.24, 2.45) is 5.73 Å². The normalized spacial score (nSPS) is 12.9. The molecule has 0 spiro atoms. The SMILES string of the molecule is C[C@@H](CN)NS(=O)(=O)c1ccc(Br)c(Cl)c1Cl.Cl. The van der Waals surface area contributed by atoms with E-state index in [9.17, 15) is 8.42 Å². The monoisotopic (exact) mass is 396 g/mol. The lowest BCUT2D eigenvalue weighted by Crippen LogP contribution is -2.37. The molecule has 0 fully saturated rings. The van der Waals surface area contributed by atoms with Crippen LogP contribution in [0.3, 0.4) is 0 Å². The minimum absolute atomic E-state index is 0. The van der Waals surface area contributed by atoms with Crippen LogP contribution in [0.5, 0.6) is 0 Å². The van der Waals surface area contributed by atoms with Gasteiger partial charge in [-0.3, -0.25) is 0 Å². The van der Waals surface area contributed by atoms with Crippen molar-refractivity contribution >= 4 is 61.6 Å². The minimum Gasteiger partial charge on any atom is -0.329 e. The average molecular weight is 399 g/mol. The molecule has 1 aromatic carbocycles. The van der Waals surface area contributed by atoms with Crippen molar-refractivity contribution in [2.45, 2.75) is 17.9 Å². The van der Waals surface area contributed by atoms with E-state index in [4.69, 9.17) is 28.9 Å². The summed E-state index contributed by atoms with van der Waals surface area (Å²) < 4.78 is 26.9. The van der Waals surface area contributed by atoms with Crippen molar-refractivity contribution in [1.82, 2.24) is 4.72 Å². The summed E-state index contributed by atoms with van der Waals surface area (Å²) >= 11 is 14.9. The lowest BCUT2D eigenvalue weighted by molar-refractivity contribution is 0.563. The molecule has 18 heavy (non-hydrogen) atoms. The Morgan fingerprint density at radius 3 is 2.44 bits per heavy atom. The smallest absolute Gasteiger partial charge is 0.242 e. The summed E-state index contributed by atoms with van der Waals surface area (Å²) in [5.41, 5.74) is 5.36. The Labute approximate surface area is 131 Å². The number of hydrogen-bond donors (Lipinski definition) is 2. The third-order valence-corrected chi connectivity index (χ3v) is 5.51. The Bertz CT molecular complexity index is 525. The van der Waals surface area contributed by atoms with Gasteiger partial charge in [-0.25, -0.2) is 13.1 Å². The van der Waals surface area contributed by atoms with Crippen LogP contribution < -0.4 is 10.5 Å². The van der Waals surface area contributed by atoms with Crippen LogP contribution in [0, 0.1) is 0 Å². The molecule has 4 nitrogen and oxygen atoms in total. The van der Waals surface area contributed by atoms with Crippen LogP contribution in [0.15, 0.2) is 21.5 Å². The number of nitrogens with one attached hydrogen (secondary N) is 1. The highest BCUT2D eigenvalue weighted by molar-refractivity contribution is 9.10. The molecule has 9 heteroatoms. The molecule has 0 saturated carbocycles. The van der Waals surface area contributed by atoms with E-state index < -0.39 is 10.0 Å². The third kappa shape index (κ3) is 4.23. The van der Waals surface area contributed by atoms with Crippen molar-refractivity contribution in [2.75, 3.05) is 6.54 Å². The van der Waals surface area contributed by atoms with Gasteiger partial charge in [0.2, 0.25) is 10.0 Å². The highest BCUT2D eigenvalue weighted by Crippen LogP contribution is 2.35. The molecule has 1 aromatic rings. The highest BCUT2D eigenvalue weighted by Gasteiger charge is 2.22. The Morgan fingerprint density at radius 1 is 1.39 bits per heavy atom. The van der Waals surface area contributed by atoms with Gasteiger partial charge < -0.3 is 5.73 Å². The van der Waals surface area contributed by atoms with Gasteiger partial charge >= 0.3 is 0 Å². The Balaban J connectivity index is 0.00000289. The Morgan fingerprint density at radius 2 is 1.94 bits per heavy atom. The first kappa shape index (κ1) is 18.4. The topological polar surface area (TPSA) is 72.2 Å². The third-order valence-electron chi connectivity index (χ3n) is 2.00. The summed E-state index contributed by atoms with van der Waals surface area (Å²) in [6.07, 6.45) is 0. The van der Waals surface area contributed by atoms with E-state index in [1.165, 1.54) is 12.1 Å². The maximum atomic E-state index is 12.0. The van der Waals surface area contributed by atoms with E-state index in [0.29, 0.717) is 4.47 Å². The van der Waals surface area contributed by atoms with E-state index in [1.807, 2.05) is 0 Å². The molecule has 0 radical (unpaired) electrons. The first-order valence-corrected chi connectivity index (χ1v) is 7.68. The van der Waals surface area contributed by atoms with Gasteiger partial charge in [-0.05, 0) is 35.0 Å². The van der Waals surface area contributed by atoms with E-state index >= 15 is 0 Å². The van der Waals surface area contributed by atoms with Crippen LogP contribution in [0.25, 0.3) is 0 Å². The largest absolute Gasteiger partial charge is 0.329 e. The van der Waals surface area contributed by atoms with Crippen molar-refractivity contribution in [3.8, 4) is 0 Å². The fraction of sp³-hybridized carbons (Fsp3) is 0.333. The number of halogens is 4. The standard InChI is InChI=1S/C9H11BrCl2N2O2S.ClH/c1-5(4-13)14-17(15,16)7-3-2-6(10)8(11)9(7)12;/h2-3,5,14H,4,13H2,1H3;1H/t5-;/m0./s1. The van der Waals surface area contributed by atoms with Crippen LogP contribution in [0.1, 0.15) is 6.92 Å². The Hall–Kier alpha value is 0.440. The average Bonchev–Trinajstić information content (AvgIpc) is 2.24. The zero-order valence-corrected chi connectivity index (χ0v) is 14.0. The first-order valence-electron chi connectivity index (χ1n) is 4.65. The van der Waals surface area contributed by atoms with Gasteiger partial charge in [0.25, 0.3) is 0 Å². The first-order chi connectivity index (χ1) is 7.79. The van der Waals surface area contributed by atoms with E-state index in [1.54, 1.807) is 6.92 Å². The van der Waals surface area contributed by atoms with Crippen LogP contribution in [0.4, 0.5) is 0 Å². The summed E-state index contributed by atoms with van der Waals surface area (Å²) in [6.45, 7) is 1.85. The van der Waals surface area contributed by atoms with Gasteiger partial charge in [-0.2, -0.15) is 0 Å². The van der Waals surface area contributed by atoms with E-state index in [2.05, 4.69) is 20.7 Å². The Kier molecular flexibility index (Phi) is 7.46. The van der Waals surface area contributed by atoms with Gasteiger partial charge in [-0.1, -0.05) is 23.2 Å². The molecule has 0 unspecified atom stereocenters. The molecule has 0 aliphatic rings. The molecule has 0 bridgehead atoms. The lowest BCUT2D eigenvalue weighted by Gasteiger charge is -2.13. The zero-order valence-electron chi connectivity index (χ0n) is 9.28. The predicted octanol–water partition coefficient (Wildman–Crippen LogP) is 2.80. The molecule has 0 amide bonds. The summed E-state index contributed by atoms with van der Waals surface area (Å²) in [5.74, 6) is 0. The molecule has 1 atom stereocenters. The van der Waals surface area contributed by atoms with Gasteiger partial charge in [0, 0.05) is 17.1 Å². The second kappa shape index (κ2) is 7.28. The van der Waals surface area contributed by atoms with Crippen molar-refractivity contribution < 1.29 is 8.42 Å². The van der Waals surface area contributed by atoms with Gasteiger partial charge in [0.05, 0.1) is 10.0 Å². The van der Waals surface area contributed by atoms with Crippen LogP contribution in [-0.2, 0) is 10.0 Å². The number of rotatable bonds is 4. The molecule has 0 aliphatic heterocycles. The number of sulfonamides is 1. The van der Waals surface area contributed by atoms with Crippen LogP contribution in [0.2, 0.25) is 10.0 Å². The fourth-order valence-corrected chi connectivity index (χ4v) is 3.57. The van der Waals surface area contributed by atoms with Crippen molar-refractivity contribution in [3.05, 3.63) is 26.7 Å². The summed E-state index contributed by atoms with van der Waals surface area (Å²) in [5, 5.41) is 0.146. The van der Waals surface area contributed by atoms with E-state index in [-0.39, 0.29) is 39.9 Å². The molecule has 0 saturated heterocycles. The predicted molar refractivity (Wildman–Crippen MR) is 80.2 cm³/mol. The van der Waals surface area contributed by atoms with Crippen LogP contribution in [-0.4, -0.2) is 21.0 Å². The molecule has 1 rings (SSSR count). The second-order valence-electron chi connectivity index (χ2n) is 3.43. The molecular formula is C9H12BrCl3N2O2S. The summed E-state index contributed by atoms with van der Waals surface area (Å²) in [6, 6.07) is 2.53. The number of nitrogens with two attached hydrogens (primary N) is 1. The molecule has 3 N–H and O–H groups in total. The van der Waals surface area contributed by atoms with Crippen molar-refractivity contribution in [1.29, 1.82) is 0 Å². The van der Waals surface area contributed by atoms with Gasteiger partial charge in [-0.15, -0.1) is 12.4 Å². The maximum Gasteiger partial charge on any atom is 0.242 e. The second-order valence-corrected chi connectivity index (χ2v) is 6.72. The zero-order chi connectivity index (χ0) is 13.2. The fourth-order valence-electron chi connectivity index (χ4n) is 1.09. The summed E-state index contributed by atoms with van der Waals surface area (Å²) in [7, 11) is -3.71. The summed E-state index contributed by atoms with van der Waals surface area (Å²) in [4.78, 5) is -0.0623. The molecule has 0 heterocycles. The maximum absolute atomic E-state index is 12.0. The lowest BCUT2D eigenvalue weighted by atomic mass is 10.4. The van der Waals surface area contributed by atoms with Crippen LogP contribution >= 0.6 is 51.5 Å². The highest BCUT2D eigenvalue weighted by atomic mass is 79.9. The molecular weight excluding hydrogens is 386 g/mol. The number of hydrogen-bond acceptors (Lipinski definition) is 3. The van der Waals surface area contributed by atoms with Gasteiger partial charge in [0.15, 0.2) is 0 Å². The molecule has 0 aromatic heterocycles. The number of benzene rings is 1. The van der Waals surface area contributed by atoms with Gasteiger partial charge in [0.1, 0.15) is 4.90 Å². The van der Waals surface area contributed by atoms with Crippen molar-refractivity contribution in [3.63, 3.8) is 0 Å². The minimum atomic E-state index is -3.71. The molecule has 104 valence electrons.